The Hall–Kier alpha value is -1.66. The Kier molecular flexibility index (Phi) is 5.68. The highest BCUT2D eigenvalue weighted by molar-refractivity contribution is 9.10. The second kappa shape index (κ2) is 7.94. The van der Waals surface area contributed by atoms with Gasteiger partial charge >= 0.3 is 0 Å². The number of hydrogen-bond acceptors (Lipinski definition) is 4. The van der Waals surface area contributed by atoms with Crippen LogP contribution in [0.25, 0.3) is 0 Å². The molecule has 1 heterocycles. The number of amides is 1. The number of thioether (sulfide) groups is 1. The third kappa shape index (κ3) is 4.45. The molecule has 1 aliphatic heterocycles. The van der Waals surface area contributed by atoms with Crippen LogP contribution in [0.5, 0.6) is 11.5 Å². The van der Waals surface area contributed by atoms with Crippen LogP contribution in [0.3, 0.4) is 0 Å². The van der Waals surface area contributed by atoms with Crippen LogP contribution in [-0.4, -0.2) is 18.5 Å². The summed E-state index contributed by atoms with van der Waals surface area (Å²) in [5, 5.41) is 3.02. The molecule has 0 saturated heterocycles. The molecule has 6 heteroatoms. The van der Waals surface area contributed by atoms with E-state index in [0.29, 0.717) is 5.75 Å². The van der Waals surface area contributed by atoms with Crippen LogP contribution in [-0.2, 0) is 10.5 Å². The minimum atomic E-state index is -0.00302. The van der Waals surface area contributed by atoms with Crippen LogP contribution in [0.15, 0.2) is 46.9 Å². The molecular formula is C18H18BrNO3S. The fourth-order valence-corrected chi connectivity index (χ4v) is 3.46. The average molecular weight is 408 g/mol. The Labute approximate surface area is 154 Å². The van der Waals surface area contributed by atoms with Crippen molar-refractivity contribution in [2.45, 2.75) is 18.7 Å². The highest BCUT2D eigenvalue weighted by Crippen LogP contribution is 2.33. The first-order chi connectivity index (χ1) is 11.6. The molecule has 0 aliphatic carbocycles. The Morgan fingerprint density at radius 1 is 1.21 bits per heavy atom. The molecule has 24 heavy (non-hydrogen) atoms. The van der Waals surface area contributed by atoms with Crippen LogP contribution >= 0.6 is 27.7 Å². The third-order valence-electron chi connectivity index (χ3n) is 3.69. The summed E-state index contributed by atoms with van der Waals surface area (Å²) in [4.78, 5) is 12.1. The van der Waals surface area contributed by atoms with E-state index < -0.39 is 0 Å². The maximum absolute atomic E-state index is 12.1. The predicted octanol–water partition coefficient (Wildman–Crippen LogP) is 4.29. The molecule has 0 aromatic heterocycles. The molecule has 0 radical (unpaired) electrons. The lowest BCUT2D eigenvalue weighted by Gasteiger charge is -2.14. The smallest absolute Gasteiger partial charge is 0.231 e. The van der Waals surface area contributed by atoms with Crippen LogP contribution in [0.1, 0.15) is 24.1 Å². The van der Waals surface area contributed by atoms with Crippen molar-refractivity contribution >= 4 is 33.6 Å². The van der Waals surface area contributed by atoms with Crippen LogP contribution in [0.4, 0.5) is 0 Å². The van der Waals surface area contributed by atoms with Crippen molar-refractivity contribution in [3.8, 4) is 11.5 Å². The van der Waals surface area contributed by atoms with Crippen molar-refractivity contribution in [3.63, 3.8) is 0 Å². The largest absolute Gasteiger partial charge is 0.454 e. The van der Waals surface area contributed by atoms with Gasteiger partial charge in [0.25, 0.3) is 0 Å². The summed E-state index contributed by atoms with van der Waals surface area (Å²) < 4.78 is 11.7. The number of fused-ring (bicyclic) bond motifs is 1. The first-order valence-corrected chi connectivity index (χ1v) is 9.57. The zero-order chi connectivity index (χ0) is 16.9. The van der Waals surface area contributed by atoms with Crippen molar-refractivity contribution in [2.24, 2.45) is 0 Å². The van der Waals surface area contributed by atoms with Gasteiger partial charge in [-0.25, -0.2) is 0 Å². The number of nitrogens with one attached hydrogen (secondary N) is 1. The molecular weight excluding hydrogens is 390 g/mol. The fraction of sp³-hybridized carbons (Fsp3) is 0.278. The zero-order valence-corrected chi connectivity index (χ0v) is 15.7. The van der Waals surface area contributed by atoms with Gasteiger partial charge in [0.1, 0.15) is 0 Å². The maximum atomic E-state index is 12.1. The van der Waals surface area contributed by atoms with E-state index in [9.17, 15) is 4.79 Å². The highest BCUT2D eigenvalue weighted by atomic mass is 79.9. The van der Waals surface area contributed by atoms with Gasteiger partial charge in [-0.15, -0.1) is 11.8 Å². The molecule has 1 atom stereocenters. The van der Waals surface area contributed by atoms with Gasteiger partial charge in [0.05, 0.1) is 11.8 Å². The summed E-state index contributed by atoms with van der Waals surface area (Å²) in [6, 6.07) is 13.9. The van der Waals surface area contributed by atoms with E-state index in [1.54, 1.807) is 11.8 Å². The number of hydrogen-bond donors (Lipinski definition) is 1. The molecule has 1 N–H and O–H groups in total. The minimum absolute atomic E-state index is 0.00302. The van der Waals surface area contributed by atoms with Gasteiger partial charge in [-0.1, -0.05) is 34.1 Å². The predicted molar refractivity (Wildman–Crippen MR) is 99.4 cm³/mol. The summed E-state index contributed by atoms with van der Waals surface area (Å²) in [5.74, 6) is 2.79. The SMILES string of the molecule is C[C@H](NC(=O)CSCc1ccc2c(c1)OCO2)c1ccc(Br)cc1. The van der Waals surface area contributed by atoms with Gasteiger partial charge in [0.15, 0.2) is 11.5 Å². The second-order valence-corrected chi connectivity index (χ2v) is 7.42. The first kappa shape index (κ1) is 17.2. The van der Waals surface area contributed by atoms with E-state index in [4.69, 9.17) is 9.47 Å². The number of ether oxygens (including phenoxy) is 2. The van der Waals surface area contributed by atoms with Crippen molar-refractivity contribution in [1.29, 1.82) is 0 Å². The van der Waals surface area contributed by atoms with E-state index in [1.807, 2.05) is 49.4 Å². The fourth-order valence-electron chi connectivity index (χ4n) is 2.41. The van der Waals surface area contributed by atoms with Crippen LogP contribution < -0.4 is 14.8 Å². The first-order valence-electron chi connectivity index (χ1n) is 7.63. The lowest BCUT2D eigenvalue weighted by Crippen LogP contribution is -2.28. The number of carbonyl (C=O) groups excluding carboxylic acids is 1. The lowest BCUT2D eigenvalue weighted by molar-refractivity contribution is -0.119. The molecule has 0 fully saturated rings. The third-order valence-corrected chi connectivity index (χ3v) is 5.22. The summed E-state index contributed by atoms with van der Waals surface area (Å²) >= 11 is 5.00. The standard InChI is InChI=1S/C18H18BrNO3S/c1-12(14-3-5-15(19)6-4-14)20-18(21)10-24-9-13-2-7-16-17(8-13)23-11-22-16/h2-8,12H,9-11H2,1H3,(H,20,21)/t12-/m0/s1. The van der Waals surface area contributed by atoms with Gasteiger partial charge < -0.3 is 14.8 Å². The molecule has 0 unspecified atom stereocenters. The van der Waals surface area contributed by atoms with Crippen LogP contribution in [0, 0.1) is 0 Å². The number of benzene rings is 2. The molecule has 3 rings (SSSR count). The van der Waals surface area contributed by atoms with Crippen molar-refractivity contribution in [3.05, 3.63) is 58.1 Å². The van der Waals surface area contributed by atoms with E-state index in [2.05, 4.69) is 21.2 Å². The Morgan fingerprint density at radius 2 is 1.96 bits per heavy atom. The maximum Gasteiger partial charge on any atom is 0.231 e. The molecule has 0 spiro atoms. The Bertz CT molecular complexity index is 721. The van der Waals surface area contributed by atoms with Gasteiger partial charge in [0.2, 0.25) is 12.7 Å². The highest BCUT2D eigenvalue weighted by Gasteiger charge is 2.14. The Balaban J connectivity index is 1.44. The molecule has 1 amide bonds. The van der Waals surface area contributed by atoms with Gasteiger partial charge in [-0.05, 0) is 42.3 Å². The van der Waals surface area contributed by atoms with Crippen molar-refractivity contribution in [1.82, 2.24) is 5.32 Å². The molecule has 0 bridgehead atoms. The van der Waals surface area contributed by atoms with E-state index in [0.717, 1.165) is 32.9 Å². The normalized spacial score (nSPS) is 13.6. The van der Waals surface area contributed by atoms with Crippen LogP contribution in [0.2, 0.25) is 0 Å². The van der Waals surface area contributed by atoms with Gasteiger partial charge in [-0.3, -0.25) is 4.79 Å². The molecule has 0 saturated carbocycles. The number of carbonyl (C=O) groups is 1. The quantitative estimate of drug-likeness (QED) is 0.775. The second-order valence-electron chi connectivity index (χ2n) is 5.52. The molecule has 1 aliphatic rings. The zero-order valence-electron chi connectivity index (χ0n) is 13.3. The van der Waals surface area contributed by atoms with E-state index in [-0.39, 0.29) is 18.7 Å². The van der Waals surface area contributed by atoms with Crippen molar-refractivity contribution < 1.29 is 14.3 Å². The van der Waals surface area contributed by atoms with Gasteiger partial charge in [0, 0.05) is 10.2 Å². The summed E-state index contributed by atoms with van der Waals surface area (Å²) in [6.07, 6.45) is 0. The lowest BCUT2D eigenvalue weighted by atomic mass is 10.1. The molecule has 2 aromatic carbocycles. The molecule has 4 nitrogen and oxygen atoms in total. The van der Waals surface area contributed by atoms with E-state index in [1.165, 1.54) is 0 Å². The molecule has 126 valence electrons. The summed E-state index contributed by atoms with van der Waals surface area (Å²) in [7, 11) is 0. The molecule has 2 aromatic rings. The Morgan fingerprint density at radius 3 is 2.75 bits per heavy atom. The summed E-state index contributed by atoms with van der Waals surface area (Å²) in [5.41, 5.74) is 2.21. The van der Waals surface area contributed by atoms with E-state index >= 15 is 0 Å². The van der Waals surface area contributed by atoms with Gasteiger partial charge in [-0.2, -0.15) is 0 Å². The minimum Gasteiger partial charge on any atom is -0.454 e. The van der Waals surface area contributed by atoms with Crippen molar-refractivity contribution in [2.75, 3.05) is 12.5 Å². The topological polar surface area (TPSA) is 47.6 Å². The number of rotatable bonds is 6. The summed E-state index contributed by atoms with van der Waals surface area (Å²) in [6.45, 7) is 2.27. The number of halogens is 1. The average Bonchev–Trinajstić information content (AvgIpc) is 3.03. The monoisotopic (exact) mass is 407 g/mol.